The zero-order chi connectivity index (χ0) is 74.0. The second kappa shape index (κ2) is 24.8. The molecular formula is C96H98N8Ni2. The molecule has 0 radical (unpaired) electrons. The summed E-state index contributed by atoms with van der Waals surface area (Å²) < 4.78 is 0. The first-order valence-electron chi connectivity index (χ1n) is 37.4. The van der Waals surface area contributed by atoms with Gasteiger partial charge in [-0.2, -0.15) is 0 Å². The van der Waals surface area contributed by atoms with E-state index in [9.17, 15) is 0 Å². The Kier molecular flexibility index (Phi) is 17.3. The van der Waals surface area contributed by atoms with Gasteiger partial charge in [-0.05, 0) is 190 Å². The molecule has 14 aromatic rings. The van der Waals surface area contributed by atoms with E-state index in [2.05, 4.69) is 324 Å². The molecule has 0 saturated carbocycles. The smallest absolute Gasteiger partial charge is 0.657 e. The van der Waals surface area contributed by atoms with E-state index in [0.29, 0.717) is 0 Å². The number of rotatable bonds is 4. The molecule has 6 aromatic carbocycles. The average molecular weight is 1480 g/mol. The van der Waals surface area contributed by atoms with Crippen molar-refractivity contribution >= 4 is 123 Å². The monoisotopic (exact) mass is 1480 g/mol. The first-order chi connectivity index (χ1) is 48.5. The van der Waals surface area contributed by atoms with Crippen LogP contribution in [-0.2, 0) is 76.3 Å². The van der Waals surface area contributed by atoms with Crippen LogP contribution in [0.25, 0.3) is 167 Å². The van der Waals surface area contributed by atoms with Crippen LogP contribution in [0.5, 0.6) is 0 Å². The van der Waals surface area contributed by atoms with Crippen molar-refractivity contribution in [3.05, 3.63) is 201 Å². The van der Waals surface area contributed by atoms with Crippen molar-refractivity contribution in [1.29, 1.82) is 0 Å². The summed E-state index contributed by atoms with van der Waals surface area (Å²) in [6.45, 7) is 55.4. The molecule has 0 amide bonds. The average Bonchev–Trinajstić information content (AvgIpc) is 1.52. The van der Waals surface area contributed by atoms with Crippen molar-refractivity contribution in [1.82, 2.24) is 39.9 Å². The van der Waals surface area contributed by atoms with Gasteiger partial charge in [-0.25, -0.2) is 19.9 Å². The van der Waals surface area contributed by atoms with Gasteiger partial charge >= 0.3 is 33.0 Å². The molecular weight excluding hydrogens is 1380 g/mol. The third kappa shape index (κ3) is 12.9. The fraction of sp³-hybridized carbons (Fsp3) is 0.333. The minimum atomic E-state index is -0.176. The maximum atomic E-state index is 6.17. The zero-order valence-corrected chi connectivity index (χ0v) is 68.2. The molecule has 0 fully saturated rings. The summed E-state index contributed by atoms with van der Waals surface area (Å²) in [5.74, 6) is 0. The van der Waals surface area contributed by atoms with Crippen LogP contribution in [-0.4, -0.2) is 19.9 Å². The first kappa shape index (κ1) is 73.9. The normalized spacial score (nSPS) is 13.6. The molecule has 10 heteroatoms. The molecule has 0 aliphatic carbocycles. The van der Waals surface area contributed by atoms with Crippen molar-refractivity contribution in [2.45, 2.75) is 209 Å². The van der Waals surface area contributed by atoms with Gasteiger partial charge in [0.15, 0.2) is 0 Å². The Morgan fingerprint density at radius 3 is 0.792 bits per heavy atom. The van der Waals surface area contributed by atoms with Crippen LogP contribution < -0.4 is 19.9 Å². The van der Waals surface area contributed by atoms with Gasteiger partial charge in [0.25, 0.3) is 0 Å². The maximum absolute atomic E-state index is 6.17. The molecule has 8 aromatic heterocycles. The molecule has 0 saturated heterocycles. The van der Waals surface area contributed by atoms with E-state index in [0.717, 1.165) is 166 Å². The molecule has 2 aliphatic heterocycles. The Labute approximate surface area is 645 Å². The molecule has 8 nitrogen and oxygen atoms in total. The molecule has 106 heavy (non-hydrogen) atoms. The van der Waals surface area contributed by atoms with Crippen molar-refractivity contribution in [2.24, 2.45) is 0 Å². The molecule has 0 spiro atoms. The number of hydrogen-bond acceptors (Lipinski definition) is 4. The number of aromatic nitrogens is 8. The van der Waals surface area contributed by atoms with E-state index in [-0.39, 0.29) is 76.3 Å². The van der Waals surface area contributed by atoms with Crippen molar-refractivity contribution in [3.8, 4) is 44.5 Å². The minimum Gasteiger partial charge on any atom is -0.657 e. The molecule has 16 rings (SSSR count). The fourth-order valence-electron chi connectivity index (χ4n) is 15.4. The predicted octanol–water partition coefficient (Wildman–Crippen LogP) is 25.2. The topological polar surface area (TPSA) is 108 Å². The Balaban J connectivity index is 0.00000472. The van der Waals surface area contributed by atoms with Gasteiger partial charge in [-0.15, -0.1) is 44.1 Å². The van der Waals surface area contributed by atoms with Crippen LogP contribution in [0.1, 0.15) is 233 Å². The summed E-state index contributed by atoms with van der Waals surface area (Å²) in [5.41, 5.74) is 29.6. The predicted molar refractivity (Wildman–Crippen MR) is 444 cm³/mol. The summed E-state index contributed by atoms with van der Waals surface area (Å²) in [5, 5.41) is 5.65. The number of benzene rings is 6. The van der Waals surface area contributed by atoms with Crippen LogP contribution in [0.15, 0.2) is 133 Å². The van der Waals surface area contributed by atoms with Crippen LogP contribution in [0.3, 0.4) is 0 Å². The van der Waals surface area contributed by atoms with Crippen LogP contribution in [0.4, 0.5) is 0 Å². The van der Waals surface area contributed by atoms with Gasteiger partial charge < -0.3 is 19.9 Å². The van der Waals surface area contributed by atoms with Gasteiger partial charge in [0.2, 0.25) is 0 Å². The molecule has 542 valence electrons. The largest absolute Gasteiger partial charge is 2.00 e. The van der Waals surface area contributed by atoms with Gasteiger partial charge in [0, 0.05) is 10.8 Å². The number of hydrogen-bond donors (Lipinski definition) is 0. The molecule has 16 bridgehead atoms. The quantitative estimate of drug-likeness (QED) is 0.160. The Hall–Kier alpha value is -8.93. The second-order valence-corrected chi connectivity index (χ2v) is 38.4. The standard InChI is InChI=1S/C96H98N8.2Ni/c1-89(2,3)55-33-51(34-56(41-55)90(4,5)6)79-71-29-25-63(97-71)45-64-26-30-72(98-64)81(53-37-59(93(13,14)15)43-60(38-53)94(16,17)18)77-49-69-70-50-78-82(54-39-61(95(19,20)21)44-62(40-54)96(22,23)24)74-32-28-66(100-74)46-65-27-31-73(99-65)80(52-35-57(91(7,8)9)42-58(36-52)92(10,11)12)76-48-68-67-47-75(79)101-85(67)83(87(69)103-77)84(86(68)102-76)88(70)104-78;;/h25-50H,1-24H3;;/q-4;2*+2. The van der Waals surface area contributed by atoms with Gasteiger partial charge in [0.1, 0.15) is 0 Å². The summed E-state index contributed by atoms with van der Waals surface area (Å²) in [4.78, 5) is 47.2. The van der Waals surface area contributed by atoms with Crippen LogP contribution in [0.2, 0.25) is 0 Å². The maximum Gasteiger partial charge on any atom is 2.00 e. The van der Waals surface area contributed by atoms with E-state index < -0.39 is 0 Å². The van der Waals surface area contributed by atoms with Gasteiger partial charge in [0.05, 0.1) is 44.8 Å². The molecule has 10 heterocycles. The van der Waals surface area contributed by atoms with E-state index in [1.807, 2.05) is 0 Å². The van der Waals surface area contributed by atoms with Crippen molar-refractivity contribution in [3.63, 3.8) is 0 Å². The Bertz CT molecular complexity index is 5720. The number of nitrogens with zero attached hydrogens (tertiary/aromatic N) is 8. The third-order valence-electron chi connectivity index (χ3n) is 22.0. The van der Waals surface area contributed by atoms with Gasteiger partial charge in [-0.1, -0.05) is 287 Å². The SMILES string of the molecule is CC(C)(C)c1cc(-c2c3nc(cc4ccc([n-]4)c(-c4cc(C(C)(C)C)cc(C(C)(C)C)c4)c4cc5c6cc7nc6c6c8[n-]c(cc8c8cc2[n-]c8c6c5n4)c(-c2cc(C(C)(C)C)cc(C(C)(C)C)c2)c2nc(cc4ccc([n-]4)c7-c4cc(C(C)(C)C)cc(C(C)(C)C)c4)C=C2)C=C3)cc(C(C)(C)C)c1.[Ni+2].[Ni+2]. The van der Waals surface area contributed by atoms with E-state index in [4.69, 9.17) is 39.9 Å². The van der Waals surface area contributed by atoms with Crippen molar-refractivity contribution < 1.29 is 33.0 Å². The Morgan fingerprint density at radius 1 is 0.245 bits per heavy atom. The number of fused-ring (bicyclic) bond motifs is 14. The summed E-state index contributed by atoms with van der Waals surface area (Å²) in [7, 11) is 0. The van der Waals surface area contributed by atoms with E-state index in [1.165, 1.54) is 44.5 Å². The minimum absolute atomic E-state index is 0. The fourth-order valence-corrected chi connectivity index (χ4v) is 15.4. The summed E-state index contributed by atoms with van der Waals surface area (Å²) in [6.07, 6.45) is 8.63. The summed E-state index contributed by atoms with van der Waals surface area (Å²) >= 11 is 0. The molecule has 0 atom stereocenters. The van der Waals surface area contributed by atoms with Crippen LogP contribution >= 0.6 is 0 Å². The molecule has 2 aliphatic rings. The third-order valence-corrected chi connectivity index (χ3v) is 22.0. The van der Waals surface area contributed by atoms with Crippen molar-refractivity contribution in [2.75, 3.05) is 0 Å². The van der Waals surface area contributed by atoms with Crippen LogP contribution in [0, 0.1) is 0 Å². The van der Waals surface area contributed by atoms with E-state index >= 15 is 0 Å². The molecule has 0 N–H and O–H groups in total. The van der Waals surface area contributed by atoms with E-state index in [1.54, 1.807) is 0 Å². The first-order valence-corrected chi connectivity index (χ1v) is 37.4. The van der Waals surface area contributed by atoms with Gasteiger partial charge in [-0.3, -0.25) is 0 Å². The molecule has 0 unspecified atom stereocenters. The zero-order valence-electron chi connectivity index (χ0n) is 66.2. The summed E-state index contributed by atoms with van der Waals surface area (Å²) in [6, 6.07) is 50.9. The second-order valence-electron chi connectivity index (χ2n) is 38.4. The Morgan fingerprint density at radius 2 is 0.519 bits per heavy atom.